The van der Waals surface area contributed by atoms with Gasteiger partial charge in [0.2, 0.25) is 5.91 Å². The van der Waals surface area contributed by atoms with Gasteiger partial charge in [0.25, 0.3) is 0 Å². The van der Waals surface area contributed by atoms with Crippen LogP contribution in [0.1, 0.15) is 12.5 Å². The van der Waals surface area contributed by atoms with Crippen LogP contribution in [-0.2, 0) is 11.4 Å². The molecule has 2 aromatic carbocycles. The number of anilines is 1. The second-order valence-corrected chi connectivity index (χ2v) is 4.58. The lowest BCUT2D eigenvalue weighted by Gasteiger charge is -2.10. The summed E-state index contributed by atoms with van der Waals surface area (Å²) in [6.07, 6.45) is 0. The summed E-state index contributed by atoms with van der Waals surface area (Å²) >= 11 is 0. The van der Waals surface area contributed by atoms with E-state index in [-0.39, 0.29) is 5.91 Å². The Kier molecular flexibility index (Phi) is 4.74. The highest BCUT2D eigenvalue weighted by molar-refractivity contribution is 5.94. The van der Waals surface area contributed by atoms with Crippen molar-refractivity contribution in [2.45, 2.75) is 19.6 Å². The molecule has 4 nitrogen and oxygen atoms in total. The molecule has 0 aliphatic rings. The number of hydrogen-bond donors (Lipinski definition) is 2. The fraction of sp³-hybridized carbons (Fsp3) is 0.188. The van der Waals surface area contributed by atoms with Gasteiger partial charge in [-0.3, -0.25) is 4.79 Å². The van der Waals surface area contributed by atoms with Gasteiger partial charge < -0.3 is 15.8 Å². The second-order valence-electron chi connectivity index (χ2n) is 4.58. The monoisotopic (exact) mass is 270 g/mol. The van der Waals surface area contributed by atoms with Gasteiger partial charge in [-0.2, -0.15) is 0 Å². The Balaban J connectivity index is 1.97. The van der Waals surface area contributed by atoms with Crippen LogP contribution >= 0.6 is 0 Å². The average molecular weight is 270 g/mol. The molecule has 0 saturated carbocycles. The van der Waals surface area contributed by atoms with Crippen LogP contribution in [0.4, 0.5) is 5.69 Å². The van der Waals surface area contributed by atoms with Crippen molar-refractivity contribution in [3.05, 3.63) is 60.2 Å². The SMILES string of the molecule is CC(N)C(=O)Nc1cccc(OCc2ccccc2)c1. The summed E-state index contributed by atoms with van der Waals surface area (Å²) in [6.45, 7) is 2.14. The Labute approximate surface area is 118 Å². The number of rotatable bonds is 5. The number of carbonyl (C=O) groups excluding carboxylic acids is 1. The van der Waals surface area contributed by atoms with Crippen LogP contribution in [0.15, 0.2) is 54.6 Å². The number of ether oxygens (including phenoxy) is 1. The van der Waals surface area contributed by atoms with Crippen molar-refractivity contribution < 1.29 is 9.53 Å². The maximum absolute atomic E-state index is 11.5. The molecule has 0 aromatic heterocycles. The maximum atomic E-state index is 11.5. The smallest absolute Gasteiger partial charge is 0.241 e. The first-order chi connectivity index (χ1) is 9.65. The van der Waals surface area contributed by atoms with E-state index in [9.17, 15) is 4.79 Å². The van der Waals surface area contributed by atoms with Gasteiger partial charge in [0.1, 0.15) is 12.4 Å². The van der Waals surface area contributed by atoms with E-state index in [1.54, 1.807) is 19.1 Å². The third-order valence-corrected chi connectivity index (χ3v) is 2.76. The maximum Gasteiger partial charge on any atom is 0.241 e. The molecule has 4 heteroatoms. The van der Waals surface area contributed by atoms with Crippen LogP contribution in [0.3, 0.4) is 0 Å². The molecular formula is C16H18N2O2. The molecular weight excluding hydrogens is 252 g/mol. The van der Waals surface area contributed by atoms with E-state index in [1.807, 2.05) is 42.5 Å². The highest BCUT2D eigenvalue weighted by Crippen LogP contribution is 2.18. The summed E-state index contributed by atoms with van der Waals surface area (Å²) in [7, 11) is 0. The van der Waals surface area contributed by atoms with E-state index in [4.69, 9.17) is 10.5 Å². The van der Waals surface area contributed by atoms with Gasteiger partial charge in [0.05, 0.1) is 6.04 Å². The molecule has 0 spiro atoms. The lowest BCUT2D eigenvalue weighted by Crippen LogP contribution is -2.32. The lowest BCUT2D eigenvalue weighted by atomic mass is 10.2. The van der Waals surface area contributed by atoms with Crippen molar-refractivity contribution in [3.63, 3.8) is 0 Å². The first-order valence-electron chi connectivity index (χ1n) is 6.48. The second kappa shape index (κ2) is 6.73. The standard InChI is InChI=1S/C16H18N2O2/c1-12(17)16(19)18-14-8-5-9-15(10-14)20-11-13-6-3-2-4-7-13/h2-10,12H,11,17H2,1H3,(H,18,19). The summed E-state index contributed by atoms with van der Waals surface area (Å²) in [6, 6.07) is 16.6. The van der Waals surface area contributed by atoms with Crippen molar-refractivity contribution in [1.29, 1.82) is 0 Å². The van der Waals surface area contributed by atoms with E-state index >= 15 is 0 Å². The van der Waals surface area contributed by atoms with Crippen molar-refractivity contribution in [1.82, 2.24) is 0 Å². The predicted octanol–water partition coefficient (Wildman–Crippen LogP) is 2.55. The molecule has 0 bridgehead atoms. The minimum Gasteiger partial charge on any atom is -0.489 e. The van der Waals surface area contributed by atoms with Gasteiger partial charge in [-0.05, 0) is 24.6 Å². The van der Waals surface area contributed by atoms with E-state index < -0.39 is 6.04 Å². The van der Waals surface area contributed by atoms with Gasteiger partial charge in [0, 0.05) is 11.8 Å². The van der Waals surface area contributed by atoms with Crippen molar-refractivity contribution >= 4 is 11.6 Å². The quantitative estimate of drug-likeness (QED) is 0.877. The molecule has 1 atom stereocenters. The Bertz CT molecular complexity index is 568. The van der Waals surface area contributed by atoms with Gasteiger partial charge in [-0.25, -0.2) is 0 Å². The molecule has 0 aliphatic heterocycles. The Morgan fingerprint density at radius 1 is 1.20 bits per heavy atom. The molecule has 20 heavy (non-hydrogen) atoms. The summed E-state index contributed by atoms with van der Waals surface area (Å²) < 4.78 is 5.69. The van der Waals surface area contributed by atoms with Crippen LogP contribution in [0.5, 0.6) is 5.75 Å². The summed E-state index contributed by atoms with van der Waals surface area (Å²) in [4.78, 5) is 11.5. The molecule has 0 heterocycles. The Hall–Kier alpha value is -2.33. The topological polar surface area (TPSA) is 64.4 Å². The predicted molar refractivity (Wildman–Crippen MR) is 79.5 cm³/mol. The molecule has 2 aromatic rings. The van der Waals surface area contributed by atoms with Crippen LogP contribution in [-0.4, -0.2) is 11.9 Å². The summed E-state index contributed by atoms with van der Waals surface area (Å²) in [5, 5.41) is 2.74. The van der Waals surface area contributed by atoms with E-state index in [0.29, 0.717) is 18.0 Å². The van der Waals surface area contributed by atoms with Gasteiger partial charge in [-0.15, -0.1) is 0 Å². The van der Waals surface area contributed by atoms with Crippen molar-refractivity contribution in [2.75, 3.05) is 5.32 Å². The number of carbonyl (C=O) groups is 1. The van der Waals surface area contributed by atoms with E-state index in [1.165, 1.54) is 0 Å². The third kappa shape index (κ3) is 4.10. The molecule has 0 radical (unpaired) electrons. The zero-order valence-corrected chi connectivity index (χ0v) is 11.4. The Morgan fingerprint density at radius 3 is 2.65 bits per heavy atom. The van der Waals surface area contributed by atoms with Crippen LogP contribution in [0.25, 0.3) is 0 Å². The van der Waals surface area contributed by atoms with E-state index in [2.05, 4.69) is 5.32 Å². The average Bonchev–Trinajstić information content (AvgIpc) is 2.46. The molecule has 1 unspecified atom stereocenters. The number of amides is 1. The largest absolute Gasteiger partial charge is 0.489 e. The fourth-order valence-electron chi connectivity index (χ4n) is 1.66. The first-order valence-corrected chi connectivity index (χ1v) is 6.48. The van der Waals surface area contributed by atoms with Crippen molar-refractivity contribution in [3.8, 4) is 5.75 Å². The number of benzene rings is 2. The highest BCUT2D eigenvalue weighted by atomic mass is 16.5. The molecule has 0 fully saturated rings. The zero-order valence-electron chi connectivity index (χ0n) is 11.4. The van der Waals surface area contributed by atoms with Gasteiger partial charge in [-0.1, -0.05) is 36.4 Å². The number of nitrogens with one attached hydrogen (secondary N) is 1. The first kappa shape index (κ1) is 14.1. The molecule has 104 valence electrons. The molecule has 3 N–H and O–H groups in total. The molecule has 1 amide bonds. The van der Waals surface area contributed by atoms with Gasteiger partial charge >= 0.3 is 0 Å². The molecule has 0 aliphatic carbocycles. The molecule has 2 rings (SSSR count). The normalized spacial score (nSPS) is 11.7. The van der Waals surface area contributed by atoms with Crippen molar-refractivity contribution in [2.24, 2.45) is 5.73 Å². The van der Waals surface area contributed by atoms with Crippen LogP contribution in [0.2, 0.25) is 0 Å². The van der Waals surface area contributed by atoms with Gasteiger partial charge in [0.15, 0.2) is 0 Å². The lowest BCUT2D eigenvalue weighted by molar-refractivity contribution is -0.117. The molecule has 0 saturated heterocycles. The Morgan fingerprint density at radius 2 is 1.95 bits per heavy atom. The minimum atomic E-state index is -0.538. The number of hydrogen-bond acceptors (Lipinski definition) is 3. The summed E-state index contributed by atoms with van der Waals surface area (Å²) in [5.74, 6) is 0.488. The zero-order chi connectivity index (χ0) is 14.4. The van der Waals surface area contributed by atoms with Crippen LogP contribution < -0.4 is 15.8 Å². The summed E-state index contributed by atoms with van der Waals surface area (Å²) in [5.41, 5.74) is 7.29. The van der Waals surface area contributed by atoms with Crippen LogP contribution in [0, 0.1) is 0 Å². The number of nitrogens with two attached hydrogens (primary N) is 1. The minimum absolute atomic E-state index is 0.217. The highest BCUT2D eigenvalue weighted by Gasteiger charge is 2.07. The fourth-order valence-corrected chi connectivity index (χ4v) is 1.66. The third-order valence-electron chi connectivity index (χ3n) is 2.76. The van der Waals surface area contributed by atoms with E-state index in [0.717, 1.165) is 5.56 Å².